The first-order valence-corrected chi connectivity index (χ1v) is 12.7. The number of carbonyl (C=O) groups is 1. The lowest BCUT2D eigenvalue weighted by atomic mass is 9.99. The van der Waals surface area contributed by atoms with Crippen molar-refractivity contribution in [2.45, 2.75) is 65.6 Å². The van der Waals surface area contributed by atoms with Crippen molar-refractivity contribution >= 4 is 16.9 Å². The molecule has 0 unspecified atom stereocenters. The van der Waals surface area contributed by atoms with E-state index in [9.17, 15) is 14.9 Å². The van der Waals surface area contributed by atoms with Crippen LogP contribution in [0.15, 0.2) is 65.6 Å². The van der Waals surface area contributed by atoms with Crippen LogP contribution in [0.25, 0.3) is 22.2 Å². The molecule has 0 bridgehead atoms. The van der Waals surface area contributed by atoms with Gasteiger partial charge >= 0.3 is 0 Å². The maximum absolute atomic E-state index is 13.5. The predicted octanol–water partition coefficient (Wildman–Crippen LogP) is 5.04. The molecule has 0 saturated carbocycles. The first-order valence-electron chi connectivity index (χ1n) is 12.7. The first-order chi connectivity index (χ1) is 17.7. The van der Waals surface area contributed by atoms with Gasteiger partial charge in [-0.2, -0.15) is 5.26 Å². The SMILES string of the molecule is CCCCc1nc2ccn(CC(=O)NC(C)(C)C)c(=O)c2n1Cc1ccc(-c2ccccc2C#N)cc1. The first kappa shape index (κ1) is 25.9. The molecule has 4 rings (SSSR count). The number of amides is 1. The molecule has 37 heavy (non-hydrogen) atoms. The molecule has 7 heteroatoms. The van der Waals surface area contributed by atoms with E-state index in [1.165, 1.54) is 4.57 Å². The number of imidazole rings is 1. The summed E-state index contributed by atoms with van der Waals surface area (Å²) in [4.78, 5) is 30.8. The van der Waals surface area contributed by atoms with Crippen LogP contribution in [-0.2, 0) is 24.3 Å². The molecule has 0 saturated heterocycles. The quantitative estimate of drug-likeness (QED) is 0.371. The fraction of sp³-hybridized carbons (Fsp3) is 0.333. The molecule has 0 atom stereocenters. The van der Waals surface area contributed by atoms with Crippen LogP contribution in [0.2, 0.25) is 0 Å². The van der Waals surface area contributed by atoms with Gasteiger partial charge in [0, 0.05) is 24.7 Å². The average molecular weight is 496 g/mol. The monoisotopic (exact) mass is 495 g/mol. The molecule has 2 heterocycles. The van der Waals surface area contributed by atoms with Gasteiger partial charge in [0.1, 0.15) is 17.9 Å². The summed E-state index contributed by atoms with van der Waals surface area (Å²) >= 11 is 0. The van der Waals surface area contributed by atoms with E-state index < -0.39 is 0 Å². The molecule has 0 aliphatic carbocycles. The largest absolute Gasteiger partial charge is 0.350 e. The van der Waals surface area contributed by atoms with E-state index in [0.29, 0.717) is 23.1 Å². The summed E-state index contributed by atoms with van der Waals surface area (Å²) in [7, 11) is 0. The predicted molar refractivity (Wildman–Crippen MR) is 146 cm³/mol. The van der Waals surface area contributed by atoms with Crippen molar-refractivity contribution in [3.63, 3.8) is 0 Å². The Kier molecular flexibility index (Phi) is 7.58. The number of benzene rings is 2. The summed E-state index contributed by atoms with van der Waals surface area (Å²) in [5.74, 6) is 0.657. The second-order valence-corrected chi connectivity index (χ2v) is 10.4. The Morgan fingerprint density at radius 3 is 2.49 bits per heavy atom. The lowest BCUT2D eigenvalue weighted by molar-refractivity contribution is -0.123. The van der Waals surface area contributed by atoms with Gasteiger partial charge in [-0.3, -0.25) is 9.59 Å². The number of pyridine rings is 1. The highest BCUT2D eigenvalue weighted by Crippen LogP contribution is 2.24. The summed E-state index contributed by atoms with van der Waals surface area (Å²) in [6, 6.07) is 19.7. The molecule has 0 fully saturated rings. The van der Waals surface area contributed by atoms with Crippen molar-refractivity contribution in [2.75, 3.05) is 0 Å². The van der Waals surface area contributed by atoms with E-state index in [-0.39, 0.29) is 23.6 Å². The second kappa shape index (κ2) is 10.8. The van der Waals surface area contributed by atoms with E-state index in [1.54, 1.807) is 6.20 Å². The van der Waals surface area contributed by atoms with Crippen LogP contribution < -0.4 is 10.9 Å². The highest BCUT2D eigenvalue weighted by molar-refractivity contribution is 5.78. The van der Waals surface area contributed by atoms with E-state index in [1.807, 2.05) is 79.9 Å². The Hall–Kier alpha value is -4.18. The molecule has 2 aromatic carbocycles. The maximum Gasteiger partial charge on any atom is 0.277 e. The minimum atomic E-state index is -0.375. The van der Waals surface area contributed by atoms with Gasteiger partial charge in [0.2, 0.25) is 5.91 Å². The van der Waals surface area contributed by atoms with E-state index in [0.717, 1.165) is 41.8 Å². The number of nitriles is 1. The van der Waals surface area contributed by atoms with Crippen LogP contribution in [0, 0.1) is 11.3 Å². The molecule has 1 N–H and O–H groups in total. The molecule has 190 valence electrons. The van der Waals surface area contributed by atoms with E-state index >= 15 is 0 Å². The number of hydrogen-bond donors (Lipinski definition) is 1. The van der Waals surface area contributed by atoms with E-state index in [4.69, 9.17) is 4.98 Å². The van der Waals surface area contributed by atoms with Crippen LogP contribution in [-0.4, -0.2) is 25.6 Å². The van der Waals surface area contributed by atoms with Crippen LogP contribution >= 0.6 is 0 Å². The number of rotatable bonds is 8. The van der Waals surface area contributed by atoms with E-state index in [2.05, 4.69) is 18.3 Å². The third kappa shape index (κ3) is 5.97. The van der Waals surface area contributed by atoms with Crippen LogP contribution in [0.5, 0.6) is 0 Å². The van der Waals surface area contributed by atoms with Crippen molar-refractivity contribution in [2.24, 2.45) is 0 Å². The minimum Gasteiger partial charge on any atom is -0.350 e. The van der Waals surface area contributed by atoms with Crippen molar-refractivity contribution in [3.8, 4) is 17.2 Å². The van der Waals surface area contributed by atoms with Crippen LogP contribution in [0.3, 0.4) is 0 Å². The fourth-order valence-corrected chi connectivity index (χ4v) is 4.46. The fourth-order valence-electron chi connectivity index (χ4n) is 4.46. The zero-order valence-electron chi connectivity index (χ0n) is 21.9. The Labute approximate surface area is 217 Å². The number of unbranched alkanes of at least 4 members (excludes halogenated alkanes) is 1. The summed E-state index contributed by atoms with van der Waals surface area (Å²) in [6.07, 6.45) is 4.40. The van der Waals surface area contributed by atoms with Crippen LogP contribution in [0.1, 0.15) is 57.5 Å². The third-order valence-electron chi connectivity index (χ3n) is 6.18. The lowest BCUT2D eigenvalue weighted by Gasteiger charge is -2.20. The Bertz CT molecular complexity index is 1520. The molecule has 0 spiro atoms. The Morgan fingerprint density at radius 1 is 1.08 bits per heavy atom. The van der Waals surface area contributed by atoms with Gasteiger partial charge in [0.15, 0.2) is 0 Å². The number of hydrogen-bond acceptors (Lipinski definition) is 4. The topological polar surface area (TPSA) is 92.7 Å². The number of aryl methyl sites for hydroxylation is 1. The highest BCUT2D eigenvalue weighted by Gasteiger charge is 2.19. The van der Waals surface area contributed by atoms with Gasteiger partial charge < -0.3 is 14.5 Å². The maximum atomic E-state index is 13.5. The van der Waals surface area contributed by atoms with Gasteiger partial charge in [0.05, 0.1) is 17.1 Å². The molecule has 4 aromatic rings. The van der Waals surface area contributed by atoms with Crippen LogP contribution in [0.4, 0.5) is 0 Å². The lowest BCUT2D eigenvalue weighted by Crippen LogP contribution is -2.43. The van der Waals surface area contributed by atoms with Crippen molar-refractivity contribution in [1.29, 1.82) is 5.26 Å². The minimum absolute atomic E-state index is 0.0471. The number of carbonyl (C=O) groups excluding carboxylic acids is 1. The smallest absolute Gasteiger partial charge is 0.277 e. The van der Waals surface area contributed by atoms with Crippen molar-refractivity contribution in [3.05, 3.63) is 88.1 Å². The standard InChI is InChI=1S/C30H33N5O2/c1-5-6-11-26-32-25-16-17-34(20-27(36)33-30(2,3)4)29(37)28(25)35(26)19-21-12-14-22(15-13-21)24-10-8-7-9-23(24)18-31/h7-10,12-17H,5-6,11,19-20H2,1-4H3,(H,33,36). The van der Waals surface area contributed by atoms with Crippen molar-refractivity contribution in [1.82, 2.24) is 19.4 Å². The van der Waals surface area contributed by atoms with Gasteiger partial charge in [-0.25, -0.2) is 4.98 Å². The Balaban J connectivity index is 1.70. The number of nitrogens with zero attached hydrogens (tertiary/aromatic N) is 4. The molecular weight excluding hydrogens is 462 g/mol. The number of aromatic nitrogens is 3. The van der Waals surface area contributed by atoms with Crippen molar-refractivity contribution < 1.29 is 4.79 Å². The Morgan fingerprint density at radius 2 is 1.81 bits per heavy atom. The molecule has 7 nitrogen and oxygen atoms in total. The summed E-state index contributed by atoms with van der Waals surface area (Å²) in [5.41, 5.74) is 4.07. The molecule has 1 amide bonds. The zero-order chi connectivity index (χ0) is 26.6. The molecule has 2 aromatic heterocycles. The number of nitrogens with one attached hydrogen (secondary N) is 1. The zero-order valence-corrected chi connectivity index (χ0v) is 21.9. The number of fused-ring (bicyclic) bond motifs is 1. The normalized spacial score (nSPS) is 11.4. The summed E-state index contributed by atoms with van der Waals surface area (Å²) in [6.45, 7) is 8.31. The van der Waals surface area contributed by atoms with Gasteiger partial charge in [-0.1, -0.05) is 55.8 Å². The summed E-state index contributed by atoms with van der Waals surface area (Å²) < 4.78 is 3.44. The summed E-state index contributed by atoms with van der Waals surface area (Å²) in [5, 5.41) is 12.4. The molecular formula is C30H33N5O2. The highest BCUT2D eigenvalue weighted by atomic mass is 16.2. The molecule has 0 aliphatic heterocycles. The van der Waals surface area contributed by atoms with Gasteiger partial charge in [0.25, 0.3) is 5.56 Å². The third-order valence-corrected chi connectivity index (χ3v) is 6.18. The van der Waals surface area contributed by atoms with Gasteiger partial charge in [-0.05, 0) is 56.0 Å². The molecule has 0 radical (unpaired) electrons. The average Bonchev–Trinajstić information content (AvgIpc) is 3.21. The second-order valence-electron chi connectivity index (χ2n) is 10.4. The molecule has 0 aliphatic rings. The van der Waals surface area contributed by atoms with Gasteiger partial charge in [-0.15, -0.1) is 0 Å².